The van der Waals surface area contributed by atoms with Gasteiger partial charge in [-0.2, -0.15) is 0 Å². The van der Waals surface area contributed by atoms with E-state index in [1.165, 1.54) is 33.4 Å². The summed E-state index contributed by atoms with van der Waals surface area (Å²) in [6.45, 7) is 0. The Bertz CT molecular complexity index is 2750. The molecule has 0 amide bonds. The van der Waals surface area contributed by atoms with E-state index in [2.05, 4.69) is 156 Å². The van der Waals surface area contributed by atoms with E-state index in [1.807, 2.05) is 18.3 Å². The highest BCUT2D eigenvalue weighted by atomic mass is 16.3. The van der Waals surface area contributed by atoms with E-state index in [9.17, 15) is 0 Å². The molecule has 0 fully saturated rings. The van der Waals surface area contributed by atoms with Crippen LogP contribution in [0.1, 0.15) is 0 Å². The van der Waals surface area contributed by atoms with Crippen LogP contribution in [0, 0.1) is 0 Å². The zero-order valence-electron chi connectivity index (χ0n) is 26.0. The molecule has 0 bridgehead atoms. The first-order valence-corrected chi connectivity index (χ1v) is 16.3. The zero-order valence-corrected chi connectivity index (χ0v) is 26.0. The van der Waals surface area contributed by atoms with Crippen LogP contribution in [0.4, 0.5) is 0 Å². The number of para-hydroxylation sites is 1. The largest absolute Gasteiger partial charge is 0.454 e. The average Bonchev–Trinajstić information content (AvgIpc) is 3.72. The van der Waals surface area contributed by atoms with Crippen LogP contribution >= 0.6 is 0 Å². The maximum atomic E-state index is 6.49. The molecule has 0 N–H and O–H groups in total. The van der Waals surface area contributed by atoms with Gasteiger partial charge in [-0.1, -0.05) is 115 Å². The summed E-state index contributed by atoms with van der Waals surface area (Å²) in [6, 6.07) is 58.3. The van der Waals surface area contributed by atoms with Crippen LogP contribution in [-0.2, 0) is 0 Å². The summed E-state index contributed by atoms with van der Waals surface area (Å²) >= 11 is 0. The van der Waals surface area contributed by atoms with Gasteiger partial charge >= 0.3 is 0 Å². The molecule has 0 radical (unpaired) electrons. The van der Waals surface area contributed by atoms with Crippen LogP contribution in [0.15, 0.2) is 174 Å². The summed E-state index contributed by atoms with van der Waals surface area (Å²) in [7, 11) is 0. The number of benzene rings is 7. The molecule has 10 aromatic rings. The van der Waals surface area contributed by atoms with Gasteiger partial charge in [0.2, 0.25) is 0 Å². The van der Waals surface area contributed by atoms with Crippen LogP contribution in [-0.4, -0.2) is 9.55 Å². The normalized spacial score (nSPS) is 11.8. The first kappa shape index (κ1) is 26.7. The molecule has 0 aliphatic carbocycles. The SMILES string of the molecule is c1ccc(-c2cc(-c3ccccc3)cc(-n3c4ccc(-c5ccccc5)cc4c4cnc5c(ccc6c7ccccc7oc65)c43)c2)cc1. The lowest BCUT2D eigenvalue weighted by molar-refractivity contribution is 0.671. The van der Waals surface area contributed by atoms with Crippen molar-refractivity contribution in [2.45, 2.75) is 0 Å². The Kier molecular flexibility index (Phi) is 5.87. The first-order chi connectivity index (χ1) is 23.8. The molecule has 0 atom stereocenters. The summed E-state index contributed by atoms with van der Waals surface area (Å²) in [5, 5.41) is 5.51. The van der Waals surface area contributed by atoms with E-state index in [0.717, 1.165) is 60.3 Å². The van der Waals surface area contributed by atoms with Crippen LogP contribution in [0.5, 0.6) is 0 Å². The van der Waals surface area contributed by atoms with Crippen molar-refractivity contribution in [3.8, 4) is 39.1 Å². The fourth-order valence-electron chi connectivity index (χ4n) is 7.35. The Morgan fingerprint density at radius 1 is 0.417 bits per heavy atom. The van der Waals surface area contributed by atoms with E-state index in [1.54, 1.807) is 0 Å². The van der Waals surface area contributed by atoms with Crippen molar-refractivity contribution >= 4 is 54.6 Å². The Hall–Kier alpha value is -6.45. The van der Waals surface area contributed by atoms with Crippen molar-refractivity contribution in [3.63, 3.8) is 0 Å². The van der Waals surface area contributed by atoms with Gasteiger partial charge in [0.15, 0.2) is 5.58 Å². The van der Waals surface area contributed by atoms with E-state index in [0.29, 0.717) is 0 Å². The molecule has 0 spiro atoms. The fourth-order valence-corrected chi connectivity index (χ4v) is 7.35. The van der Waals surface area contributed by atoms with Crippen molar-refractivity contribution in [1.82, 2.24) is 9.55 Å². The van der Waals surface area contributed by atoms with Gasteiger partial charge in [0, 0.05) is 38.8 Å². The molecule has 0 aliphatic heterocycles. The highest BCUT2D eigenvalue weighted by molar-refractivity contribution is 6.23. The lowest BCUT2D eigenvalue weighted by Crippen LogP contribution is -1.97. The summed E-state index contributed by atoms with van der Waals surface area (Å²) in [5.41, 5.74) is 13.0. The van der Waals surface area contributed by atoms with Crippen LogP contribution in [0.3, 0.4) is 0 Å². The summed E-state index contributed by atoms with van der Waals surface area (Å²) < 4.78 is 8.92. The molecule has 48 heavy (non-hydrogen) atoms. The second kappa shape index (κ2) is 10.5. The predicted octanol–water partition coefficient (Wildman–Crippen LogP) is 12.2. The molecule has 0 aliphatic rings. The third-order valence-corrected chi connectivity index (χ3v) is 9.60. The molecule has 3 heteroatoms. The number of nitrogens with zero attached hydrogens (tertiary/aromatic N) is 2. The molecule has 3 aromatic heterocycles. The zero-order chi connectivity index (χ0) is 31.6. The van der Waals surface area contributed by atoms with E-state index >= 15 is 0 Å². The van der Waals surface area contributed by atoms with E-state index in [-0.39, 0.29) is 0 Å². The van der Waals surface area contributed by atoms with E-state index in [4.69, 9.17) is 9.40 Å². The lowest BCUT2D eigenvalue weighted by atomic mass is 9.98. The number of pyridine rings is 1. The van der Waals surface area contributed by atoms with Gasteiger partial charge in [-0.25, -0.2) is 0 Å². The minimum absolute atomic E-state index is 0.820. The maximum Gasteiger partial charge on any atom is 0.161 e. The van der Waals surface area contributed by atoms with Crippen LogP contribution in [0.2, 0.25) is 0 Å². The Morgan fingerprint density at radius 2 is 1.02 bits per heavy atom. The van der Waals surface area contributed by atoms with Gasteiger partial charge < -0.3 is 8.98 Å². The van der Waals surface area contributed by atoms with E-state index < -0.39 is 0 Å². The highest BCUT2D eigenvalue weighted by Crippen LogP contribution is 2.42. The molecular formula is C45H28N2O. The summed E-state index contributed by atoms with van der Waals surface area (Å²) in [4.78, 5) is 5.12. The number of aromatic nitrogens is 2. The summed E-state index contributed by atoms with van der Waals surface area (Å²) in [5.74, 6) is 0. The molecule has 10 rings (SSSR count). The second-order valence-corrected chi connectivity index (χ2v) is 12.4. The van der Waals surface area contributed by atoms with Crippen molar-refractivity contribution in [2.24, 2.45) is 0 Å². The molecule has 7 aromatic carbocycles. The second-order valence-electron chi connectivity index (χ2n) is 12.4. The van der Waals surface area contributed by atoms with Gasteiger partial charge in [0.25, 0.3) is 0 Å². The third kappa shape index (κ3) is 4.11. The predicted molar refractivity (Wildman–Crippen MR) is 200 cm³/mol. The molecule has 0 saturated heterocycles. The fraction of sp³-hybridized carbons (Fsp3) is 0. The van der Waals surface area contributed by atoms with Crippen molar-refractivity contribution < 1.29 is 4.42 Å². The molecule has 0 unspecified atom stereocenters. The van der Waals surface area contributed by atoms with Gasteiger partial charge in [-0.15, -0.1) is 0 Å². The standard InChI is InChI=1S/C45H28N2O/c1-4-12-29(13-5-1)32-20-23-41-39(27-32)40-28-46-43-38(22-21-37-36-18-10-11-19-42(36)48-45(37)43)44(40)47(41)35-25-33(30-14-6-2-7-15-30)24-34(26-35)31-16-8-3-9-17-31/h1-28H. The van der Waals surface area contributed by atoms with Crippen molar-refractivity contribution in [1.29, 1.82) is 0 Å². The van der Waals surface area contributed by atoms with Gasteiger partial charge in [0.1, 0.15) is 11.1 Å². The molecule has 224 valence electrons. The highest BCUT2D eigenvalue weighted by Gasteiger charge is 2.20. The third-order valence-electron chi connectivity index (χ3n) is 9.60. The van der Waals surface area contributed by atoms with Crippen LogP contribution < -0.4 is 0 Å². The Balaban J connectivity index is 1.34. The van der Waals surface area contributed by atoms with Gasteiger partial charge in [-0.05, 0) is 81.9 Å². The minimum Gasteiger partial charge on any atom is -0.454 e. The maximum absolute atomic E-state index is 6.49. The smallest absolute Gasteiger partial charge is 0.161 e. The molecular weight excluding hydrogens is 585 g/mol. The van der Waals surface area contributed by atoms with Crippen molar-refractivity contribution in [2.75, 3.05) is 0 Å². The lowest BCUT2D eigenvalue weighted by Gasteiger charge is -2.15. The number of hydrogen-bond donors (Lipinski definition) is 0. The quantitative estimate of drug-likeness (QED) is 0.198. The monoisotopic (exact) mass is 612 g/mol. The number of furan rings is 1. The Morgan fingerprint density at radius 3 is 1.71 bits per heavy atom. The summed E-state index contributed by atoms with van der Waals surface area (Å²) in [6.07, 6.45) is 2.04. The molecule has 0 saturated carbocycles. The number of fused-ring (bicyclic) bond motifs is 9. The topological polar surface area (TPSA) is 31.0 Å². The van der Waals surface area contributed by atoms with Gasteiger partial charge in [-0.3, -0.25) is 4.98 Å². The Labute approximate surface area is 277 Å². The van der Waals surface area contributed by atoms with Gasteiger partial charge in [0.05, 0.1) is 11.0 Å². The van der Waals surface area contributed by atoms with Crippen molar-refractivity contribution in [3.05, 3.63) is 170 Å². The number of hydrogen-bond acceptors (Lipinski definition) is 2. The average molecular weight is 613 g/mol. The minimum atomic E-state index is 0.820. The molecule has 3 nitrogen and oxygen atoms in total. The van der Waals surface area contributed by atoms with Crippen LogP contribution in [0.25, 0.3) is 93.7 Å². The molecule has 3 heterocycles. The first-order valence-electron chi connectivity index (χ1n) is 16.3. The number of rotatable bonds is 4.